The first-order valence-electron chi connectivity index (χ1n) is 8.88. The number of aromatic nitrogens is 2. The first-order chi connectivity index (χ1) is 12.6. The fourth-order valence-electron chi connectivity index (χ4n) is 3.73. The fraction of sp³-hybridized carbons (Fsp3) is 0.286. The van der Waals surface area contributed by atoms with Crippen LogP contribution in [0.5, 0.6) is 0 Å². The summed E-state index contributed by atoms with van der Waals surface area (Å²) in [4.78, 5) is 0. The first-order valence-corrected chi connectivity index (χ1v) is 8.88. The zero-order chi connectivity index (χ0) is 18.1. The predicted octanol–water partition coefficient (Wildman–Crippen LogP) is 4.42. The molecule has 2 aromatic heterocycles. The minimum absolute atomic E-state index is 0.236. The lowest BCUT2D eigenvalue weighted by atomic mass is 9.96. The molecule has 2 heterocycles. The molecule has 0 radical (unpaired) electrons. The molecule has 4 rings (SSSR count). The minimum atomic E-state index is -0.236. The van der Waals surface area contributed by atoms with Gasteiger partial charge < -0.3 is 9.73 Å². The first kappa shape index (κ1) is 16.8. The van der Waals surface area contributed by atoms with Gasteiger partial charge in [0.05, 0.1) is 24.2 Å². The Labute approximate surface area is 152 Å². The SMILES string of the molecule is Cc1nn(-c2ccc(F)cc2)c(C)c1[C@@H]1C=C[C@@H](NCc2ccco2)C1. The van der Waals surface area contributed by atoms with Crippen molar-refractivity contribution in [3.05, 3.63) is 83.3 Å². The molecule has 0 aliphatic heterocycles. The molecule has 26 heavy (non-hydrogen) atoms. The van der Waals surface area contributed by atoms with Gasteiger partial charge in [-0.1, -0.05) is 12.2 Å². The summed E-state index contributed by atoms with van der Waals surface area (Å²) in [6, 6.07) is 10.7. The topological polar surface area (TPSA) is 43.0 Å². The quantitative estimate of drug-likeness (QED) is 0.692. The summed E-state index contributed by atoms with van der Waals surface area (Å²) in [5.41, 5.74) is 4.27. The zero-order valence-electron chi connectivity index (χ0n) is 14.9. The van der Waals surface area contributed by atoms with E-state index < -0.39 is 0 Å². The van der Waals surface area contributed by atoms with E-state index in [1.54, 1.807) is 18.4 Å². The molecular weight excluding hydrogens is 329 g/mol. The number of furan rings is 1. The van der Waals surface area contributed by atoms with Crippen molar-refractivity contribution < 1.29 is 8.81 Å². The van der Waals surface area contributed by atoms with Gasteiger partial charge in [0, 0.05) is 23.2 Å². The van der Waals surface area contributed by atoms with Crippen LogP contribution in [0.1, 0.15) is 35.1 Å². The maximum Gasteiger partial charge on any atom is 0.123 e. The standard InChI is InChI=1S/C21H22FN3O/c1-14-21(15(2)25(24-14)19-9-6-17(22)7-10-19)16-5-8-18(12-16)23-13-20-4-3-11-26-20/h3-11,16,18,23H,12-13H2,1-2H3/t16-,18-/m1/s1. The van der Waals surface area contributed by atoms with E-state index in [4.69, 9.17) is 9.52 Å². The number of halogens is 1. The Morgan fingerprint density at radius 2 is 2.00 bits per heavy atom. The van der Waals surface area contributed by atoms with Gasteiger partial charge >= 0.3 is 0 Å². The number of aryl methyl sites for hydroxylation is 1. The molecular formula is C21H22FN3O. The molecule has 3 aromatic rings. The van der Waals surface area contributed by atoms with Gasteiger partial charge in [0.25, 0.3) is 0 Å². The van der Waals surface area contributed by atoms with Crippen molar-refractivity contribution in [2.24, 2.45) is 0 Å². The molecule has 0 saturated heterocycles. The molecule has 0 fully saturated rings. The summed E-state index contributed by atoms with van der Waals surface area (Å²) in [6.45, 7) is 4.84. The third-order valence-electron chi connectivity index (χ3n) is 4.99. The van der Waals surface area contributed by atoms with E-state index in [1.165, 1.54) is 17.7 Å². The van der Waals surface area contributed by atoms with Gasteiger partial charge in [-0.25, -0.2) is 9.07 Å². The van der Waals surface area contributed by atoms with Crippen LogP contribution in [-0.2, 0) is 6.54 Å². The van der Waals surface area contributed by atoms with Gasteiger partial charge in [0.1, 0.15) is 11.6 Å². The van der Waals surface area contributed by atoms with Crippen LogP contribution in [0.15, 0.2) is 59.2 Å². The van der Waals surface area contributed by atoms with Crippen molar-refractivity contribution in [3.8, 4) is 5.69 Å². The highest BCUT2D eigenvalue weighted by atomic mass is 19.1. The van der Waals surface area contributed by atoms with Crippen LogP contribution in [0.25, 0.3) is 5.69 Å². The van der Waals surface area contributed by atoms with Crippen LogP contribution in [0.4, 0.5) is 4.39 Å². The fourth-order valence-corrected chi connectivity index (χ4v) is 3.73. The van der Waals surface area contributed by atoms with Crippen molar-refractivity contribution in [2.45, 2.75) is 38.8 Å². The Kier molecular flexibility index (Phi) is 4.47. The molecule has 1 aliphatic rings. The van der Waals surface area contributed by atoms with Crippen molar-refractivity contribution in [1.82, 2.24) is 15.1 Å². The normalized spacial score (nSPS) is 19.3. The van der Waals surface area contributed by atoms with Crippen LogP contribution in [0.3, 0.4) is 0 Å². The van der Waals surface area contributed by atoms with Crippen LogP contribution in [-0.4, -0.2) is 15.8 Å². The number of allylic oxidation sites excluding steroid dienone is 1. The molecule has 4 nitrogen and oxygen atoms in total. The maximum atomic E-state index is 13.2. The molecule has 1 N–H and O–H groups in total. The smallest absolute Gasteiger partial charge is 0.123 e. The van der Waals surface area contributed by atoms with Crippen molar-refractivity contribution in [1.29, 1.82) is 0 Å². The van der Waals surface area contributed by atoms with E-state index in [1.807, 2.05) is 23.7 Å². The molecule has 0 saturated carbocycles. The van der Waals surface area contributed by atoms with Crippen molar-refractivity contribution in [3.63, 3.8) is 0 Å². The lowest BCUT2D eigenvalue weighted by Gasteiger charge is -2.14. The molecule has 0 unspecified atom stereocenters. The van der Waals surface area contributed by atoms with E-state index in [9.17, 15) is 4.39 Å². The molecule has 1 aliphatic carbocycles. The van der Waals surface area contributed by atoms with Gasteiger partial charge in [-0.3, -0.25) is 0 Å². The number of nitrogens with one attached hydrogen (secondary N) is 1. The van der Waals surface area contributed by atoms with Gasteiger partial charge in [-0.05, 0) is 56.7 Å². The number of nitrogens with zero attached hydrogens (tertiary/aromatic N) is 2. The van der Waals surface area contributed by atoms with E-state index in [0.717, 1.165) is 35.8 Å². The third kappa shape index (κ3) is 3.22. The molecule has 2 atom stereocenters. The van der Waals surface area contributed by atoms with Gasteiger partial charge in [0.2, 0.25) is 0 Å². The van der Waals surface area contributed by atoms with Gasteiger partial charge in [-0.2, -0.15) is 5.10 Å². The van der Waals surface area contributed by atoms with Crippen LogP contribution >= 0.6 is 0 Å². The molecule has 5 heteroatoms. The highest BCUT2D eigenvalue weighted by Gasteiger charge is 2.26. The highest BCUT2D eigenvalue weighted by molar-refractivity contribution is 5.41. The molecule has 0 spiro atoms. The molecule has 0 bridgehead atoms. The number of hydrogen-bond donors (Lipinski definition) is 1. The zero-order valence-corrected chi connectivity index (χ0v) is 14.9. The Morgan fingerprint density at radius 1 is 1.19 bits per heavy atom. The van der Waals surface area contributed by atoms with Crippen LogP contribution in [0.2, 0.25) is 0 Å². The largest absolute Gasteiger partial charge is 0.468 e. The number of rotatable bonds is 5. The Bertz CT molecular complexity index is 910. The van der Waals surface area contributed by atoms with Gasteiger partial charge in [-0.15, -0.1) is 0 Å². The second-order valence-electron chi connectivity index (χ2n) is 6.77. The summed E-state index contributed by atoms with van der Waals surface area (Å²) in [6.07, 6.45) is 7.17. The van der Waals surface area contributed by atoms with Crippen LogP contribution < -0.4 is 5.32 Å². The molecule has 0 amide bonds. The lowest BCUT2D eigenvalue weighted by Crippen LogP contribution is -2.25. The average molecular weight is 351 g/mol. The minimum Gasteiger partial charge on any atom is -0.468 e. The average Bonchev–Trinajstić information content (AvgIpc) is 3.35. The third-order valence-corrected chi connectivity index (χ3v) is 4.99. The predicted molar refractivity (Wildman–Crippen MR) is 98.8 cm³/mol. The second kappa shape index (κ2) is 6.92. The Balaban J connectivity index is 1.50. The van der Waals surface area contributed by atoms with E-state index in [0.29, 0.717) is 12.0 Å². The summed E-state index contributed by atoms with van der Waals surface area (Å²) in [5.74, 6) is 1.04. The molecule has 134 valence electrons. The summed E-state index contributed by atoms with van der Waals surface area (Å²) >= 11 is 0. The number of benzene rings is 1. The second-order valence-corrected chi connectivity index (χ2v) is 6.77. The summed E-state index contributed by atoms with van der Waals surface area (Å²) < 4.78 is 20.5. The summed E-state index contributed by atoms with van der Waals surface area (Å²) in [7, 11) is 0. The van der Waals surface area contributed by atoms with E-state index in [2.05, 4.69) is 24.4 Å². The Morgan fingerprint density at radius 3 is 2.73 bits per heavy atom. The van der Waals surface area contributed by atoms with Gasteiger partial charge in [0.15, 0.2) is 0 Å². The van der Waals surface area contributed by atoms with Crippen LogP contribution in [0, 0.1) is 19.7 Å². The van der Waals surface area contributed by atoms with E-state index in [-0.39, 0.29) is 5.82 Å². The Hall–Kier alpha value is -2.66. The number of hydrogen-bond acceptors (Lipinski definition) is 3. The van der Waals surface area contributed by atoms with Crippen molar-refractivity contribution >= 4 is 0 Å². The van der Waals surface area contributed by atoms with E-state index >= 15 is 0 Å². The maximum absolute atomic E-state index is 13.2. The lowest BCUT2D eigenvalue weighted by molar-refractivity contribution is 0.461. The highest BCUT2D eigenvalue weighted by Crippen LogP contribution is 2.34. The van der Waals surface area contributed by atoms with Crippen molar-refractivity contribution in [2.75, 3.05) is 0 Å². The summed E-state index contributed by atoms with van der Waals surface area (Å²) in [5, 5.41) is 8.21. The molecule has 1 aromatic carbocycles. The monoisotopic (exact) mass is 351 g/mol.